The molecule has 0 aliphatic heterocycles. The summed E-state index contributed by atoms with van der Waals surface area (Å²) in [7, 11) is 0. The molecule has 0 radical (unpaired) electrons. The molecule has 0 fully saturated rings. The second-order valence-corrected chi connectivity index (χ2v) is 20.3. The number of hydrogen-bond acceptors (Lipinski definition) is 3. The number of aromatic hydroxyl groups is 1. The molecule has 0 unspecified atom stereocenters. The minimum Gasteiger partial charge on any atom is -0.507 e. The number of phenols is 1. The predicted molar refractivity (Wildman–Crippen MR) is 285 cm³/mol. The first-order valence-corrected chi connectivity index (χ1v) is 24.6. The summed E-state index contributed by atoms with van der Waals surface area (Å²) < 4.78 is 2.30. The Bertz CT molecular complexity index is 3250. The smallest absolute Gasteiger partial charge is 0.163 e. The van der Waals surface area contributed by atoms with Gasteiger partial charge in [-0.1, -0.05) is 170 Å². The number of aryl methyl sites for hydroxylation is 4. The van der Waals surface area contributed by atoms with Gasteiger partial charge in [0.1, 0.15) is 11.4 Å². The van der Waals surface area contributed by atoms with Crippen LogP contribution in [-0.4, -0.2) is 19.6 Å². The number of imidazole rings is 1. The standard InChI is InChI=1S/C64H62N3O.Pt/c1-37(2)47-31-48(38(3)4)34-51(33-47)53-21-14-22-54(52-35-49(39(5)6)32-50(36-52)40(7)8)59(53)46-20-12-19-45(30-46)55-23-15-24-57-62(55)66-64(67(57)63-41(9)16-11-17-42(63)10)56-29-28-44-27-26-43-18-13-25-58(68)60(43)61(44)65-56;/h11-25,28-29,31-40,68H,26-27H2,1-10H3;/q-1;. The van der Waals surface area contributed by atoms with Gasteiger partial charge in [-0.25, -0.2) is 9.97 Å². The van der Waals surface area contributed by atoms with Crippen LogP contribution in [0.5, 0.6) is 5.75 Å². The first-order chi connectivity index (χ1) is 32.7. The molecule has 0 amide bonds. The van der Waals surface area contributed by atoms with Gasteiger partial charge >= 0.3 is 0 Å². The quantitative estimate of drug-likeness (QED) is 0.139. The van der Waals surface area contributed by atoms with E-state index in [4.69, 9.17) is 9.97 Å². The number of rotatable bonds is 10. The molecule has 0 saturated carbocycles. The Morgan fingerprint density at radius 1 is 0.507 bits per heavy atom. The Morgan fingerprint density at radius 2 is 1.01 bits per heavy atom. The number of hydrogen-bond donors (Lipinski definition) is 1. The van der Waals surface area contributed by atoms with Crippen molar-refractivity contribution in [2.24, 2.45) is 0 Å². The molecule has 5 heteroatoms. The van der Waals surface area contributed by atoms with Gasteiger partial charge in [-0.3, -0.25) is 4.57 Å². The van der Waals surface area contributed by atoms with Crippen LogP contribution in [0.3, 0.4) is 0 Å². The molecule has 1 N–H and O–H groups in total. The largest absolute Gasteiger partial charge is 0.507 e. The Labute approximate surface area is 423 Å². The van der Waals surface area contributed by atoms with Crippen LogP contribution in [0.2, 0.25) is 0 Å². The molecule has 0 atom stereocenters. The second kappa shape index (κ2) is 19.2. The van der Waals surface area contributed by atoms with Gasteiger partial charge < -0.3 is 5.11 Å². The van der Waals surface area contributed by atoms with E-state index in [0.29, 0.717) is 23.7 Å². The van der Waals surface area contributed by atoms with Gasteiger partial charge in [0.15, 0.2) is 5.82 Å². The van der Waals surface area contributed by atoms with Crippen molar-refractivity contribution in [1.29, 1.82) is 0 Å². The molecule has 69 heavy (non-hydrogen) atoms. The molecule has 2 heterocycles. The van der Waals surface area contributed by atoms with E-state index in [0.717, 1.165) is 91.3 Å². The van der Waals surface area contributed by atoms with Crippen molar-refractivity contribution in [2.45, 2.75) is 106 Å². The molecule has 10 rings (SSSR count). The zero-order valence-corrected chi connectivity index (χ0v) is 43.9. The van der Waals surface area contributed by atoms with Gasteiger partial charge in [0.25, 0.3) is 0 Å². The molecular weight excluding hydrogens is 1020 g/mol. The van der Waals surface area contributed by atoms with Crippen LogP contribution in [0.4, 0.5) is 0 Å². The number of benzene rings is 7. The number of aromatic nitrogens is 3. The molecule has 2 aromatic heterocycles. The van der Waals surface area contributed by atoms with Crippen LogP contribution in [0.15, 0.2) is 140 Å². The fraction of sp³-hybridized carbons (Fsp3) is 0.250. The van der Waals surface area contributed by atoms with Crippen molar-refractivity contribution < 1.29 is 26.2 Å². The van der Waals surface area contributed by atoms with Crippen LogP contribution in [0.25, 0.3) is 84.0 Å². The third-order valence-electron chi connectivity index (χ3n) is 14.2. The van der Waals surface area contributed by atoms with E-state index in [-0.39, 0.29) is 26.8 Å². The average molecular weight is 1080 g/mol. The van der Waals surface area contributed by atoms with Crippen molar-refractivity contribution in [3.05, 3.63) is 190 Å². The van der Waals surface area contributed by atoms with Crippen molar-refractivity contribution in [1.82, 2.24) is 14.5 Å². The van der Waals surface area contributed by atoms with Crippen molar-refractivity contribution in [2.75, 3.05) is 0 Å². The Morgan fingerprint density at radius 3 is 1.61 bits per heavy atom. The van der Waals surface area contributed by atoms with E-state index in [2.05, 4.69) is 207 Å². The third kappa shape index (κ3) is 8.83. The number of fused-ring (bicyclic) bond motifs is 4. The van der Waals surface area contributed by atoms with Crippen LogP contribution in [0, 0.1) is 19.9 Å². The van der Waals surface area contributed by atoms with E-state index in [1.54, 1.807) is 6.07 Å². The number of para-hydroxylation sites is 2. The molecular formula is C64H62N3OPt-. The topological polar surface area (TPSA) is 50.9 Å². The number of pyridine rings is 1. The summed E-state index contributed by atoms with van der Waals surface area (Å²) in [5.41, 5.74) is 24.4. The fourth-order valence-electron chi connectivity index (χ4n) is 10.3. The predicted octanol–water partition coefficient (Wildman–Crippen LogP) is 17.1. The molecule has 0 bridgehead atoms. The summed E-state index contributed by atoms with van der Waals surface area (Å²) >= 11 is 0. The molecule has 0 spiro atoms. The van der Waals surface area contributed by atoms with Crippen molar-refractivity contribution >= 4 is 11.0 Å². The number of nitrogens with zero attached hydrogens (tertiary/aromatic N) is 3. The van der Waals surface area contributed by atoms with Crippen LogP contribution >= 0.6 is 0 Å². The van der Waals surface area contributed by atoms with Crippen molar-refractivity contribution in [3.63, 3.8) is 0 Å². The number of phenolic OH excluding ortho intramolecular Hbond substituents is 1. The van der Waals surface area contributed by atoms with Crippen molar-refractivity contribution in [3.8, 4) is 78.7 Å². The minimum absolute atomic E-state index is 0. The van der Waals surface area contributed by atoms with Gasteiger partial charge in [-0.15, -0.1) is 35.4 Å². The maximum absolute atomic E-state index is 11.2. The summed E-state index contributed by atoms with van der Waals surface area (Å²) in [5.74, 6) is 2.57. The van der Waals surface area contributed by atoms with E-state index < -0.39 is 0 Å². The third-order valence-corrected chi connectivity index (χ3v) is 14.2. The average Bonchev–Trinajstić information content (AvgIpc) is 3.72. The molecule has 9 aromatic rings. The Hall–Kier alpha value is -6.35. The normalized spacial score (nSPS) is 12.3. The molecule has 1 aliphatic rings. The van der Waals surface area contributed by atoms with E-state index in [9.17, 15) is 5.11 Å². The van der Waals surface area contributed by atoms with Crippen LogP contribution in [-0.2, 0) is 33.9 Å². The van der Waals surface area contributed by atoms with Crippen LogP contribution in [0.1, 0.15) is 124 Å². The molecule has 350 valence electrons. The van der Waals surface area contributed by atoms with E-state index in [1.807, 2.05) is 6.07 Å². The SMILES string of the molecule is Cc1cccc(C)c1-n1c(-c2ccc3c(n2)-c2c(O)cccc2CC3)nc2c(-c3[c-]c(-c4c(-c5cc(C(C)C)cc(C(C)C)c5)cccc4-c4cc(C(C)C)cc(C(C)C)c4)ccc3)cccc21.[Pt]. The summed E-state index contributed by atoms with van der Waals surface area (Å²) in [6.07, 6.45) is 1.74. The van der Waals surface area contributed by atoms with E-state index in [1.165, 1.54) is 50.1 Å². The molecule has 4 nitrogen and oxygen atoms in total. The summed E-state index contributed by atoms with van der Waals surface area (Å²) in [4.78, 5) is 11.0. The van der Waals surface area contributed by atoms with Gasteiger partial charge in [0.05, 0.1) is 22.4 Å². The summed E-state index contributed by atoms with van der Waals surface area (Å²) in [6, 6.07) is 55.0. The second-order valence-electron chi connectivity index (χ2n) is 20.3. The maximum Gasteiger partial charge on any atom is 0.163 e. The minimum atomic E-state index is 0. The Kier molecular flexibility index (Phi) is 13.3. The summed E-state index contributed by atoms with van der Waals surface area (Å²) in [5, 5.41) is 11.2. The van der Waals surface area contributed by atoms with Gasteiger partial charge in [-0.05, 0) is 135 Å². The zero-order valence-electron chi connectivity index (χ0n) is 41.6. The fourth-order valence-corrected chi connectivity index (χ4v) is 10.3. The zero-order chi connectivity index (χ0) is 47.5. The maximum atomic E-state index is 11.2. The monoisotopic (exact) mass is 1080 g/mol. The molecule has 7 aromatic carbocycles. The summed E-state index contributed by atoms with van der Waals surface area (Å²) in [6.45, 7) is 22.7. The van der Waals surface area contributed by atoms with E-state index >= 15 is 0 Å². The van der Waals surface area contributed by atoms with Gasteiger partial charge in [-0.2, -0.15) is 0 Å². The first-order valence-electron chi connectivity index (χ1n) is 24.6. The first kappa shape index (κ1) is 47.7. The molecule has 1 aliphatic carbocycles. The Balaban J connectivity index is 0.00000593. The van der Waals surface area contributed by atoms with Gasteiger partial charge in [0, 0.05) is 26.6 Å². The van der Waals surface area contributed by atoms with Crippen LogP contribution < -0.4 is 0 Å². The molecule has 0 saturated heterocycles. The van der Waals surface area contributed by atoms with Gasteiger partial charge in [0.2, 0.25) is 0 Å².